The molecule has 1 atom stereocenters. The van der Waals surface area contributed by atoms with Crippen LogP contribution in [0.25, 0.3) is 0 Å². The number of aryl methyl sites for hydroxylation is 1. The molecular weight excluding hydrogens is 423 g/mol. The second-order valence-electron chi connectivity index (χ2n) is 6.41. The number of sulfonamides is 1. The SMILES string of the molecule is Cc1ccccc1OCC(C)NC(=O)CN(c1ccc(Cl)cc1Cl)S(C)(=O)=O. The minimum Gasteiger partial charge on any atom is -0.491 e. The lowest BCUT2D eigenvalue weighted by atomic mass is 10.2. The molecular formula is C19H22Cl2N2O4S. The molecule has 0 fully saturated rings. The van der Waals surface area contributed by atoms with E-state index in [1.54, 1.807) is 6.92 Å². The van der Waals surface area contributed by atoms with Gasteiger partial charge in [0.1, 0.15) is 18.9 Å². The van der Waals surface area contributed by atoms with Crippen molar-refractivity contribution in [2.75, 3.05) is 23.7 Å². The van der Waals surface area contributed by atoms with Gasteiger partial charge < -0.3 is 10.1 Å². The van der Waals surface area contributed by atoms with Crippen molar-refractivity contribution in [3.8, 4) is 5.75 Å². The topological polar surface area (TPSA) is 75.7 Å². The van der Waals surface area contributed by atoms with Gasteiger partial charge in [0.2, 0.25) is 15.9 Å². The fourth-order valence-corrected chi connectivity index (χ4v) is 3.92. The maximum absolute atomic E-state index is 12.4. The molecule has 1 N–H and O–H groups in total. The van der Waals surface area contributed by atoms with Crippen molar-refractivity contribution in [1.82, 2.24) is 5.32 Å². The first-order valence-electron chi connectivity index (χ1n) is 8.48. The molecule has 0 bridgehead atoms. The quantitative estimate of drug-likeness (QED) is 0.673. The number of carbonyl (C=O) groups is 1. The number of anilines is 1. The van der Waals surface area contributed by atoms with Crippen LogP contribution in [0.2, 0.25) is 10.0 Å². The standard InChI is InChI=1S/C19H22Cl2N2O4S/c1-13-6-4-5-7-18(13)27-12-14(2)22-19(24)11-23(28(3,25)26)17-9-8-15(20)10-16(17)21/h4-10,14H,11-12H2,1-3H3,(H,22,24). The molecule has 28 heavy (non-hydrogen) atoms. The predicted molar refractivity (Wildman–Crippen MR) is 113 cm³/mol. The largest absolute Gasteiger partial charge is 0.491 e. The first-order valence-corrected chi connectivity index (χ1v) is 11.1. The third-order valence-electron chi connectivity index (χ3n) is 3.86. The van der Waals surface area contributed by atoms with Gasteiger partial charge in [0.05, 0.1) is 23.0 Å². The Labute approximate surface area is 175 Å². The van der Waals surface area contributed by atoms with Crippen LogP contribution in [-0.2, 0) is 14.8 Å². The molecule has 0 aromatic heterocycles. The smallest absolute Gasteiger partial charge is 0.241 e. The van der Waals surface area contributed by atoms with Gasteiger partial charge in [-0.15, -0.1) is 0 Å². The van der Waals surface area contributed by atoms with Crippen LogP contribution in [0.3, 0.4) is 0 Å². The monoisotopic (exact) mass is 444 g/mol. The highest BCUT2D eigenvalue weighted by molar-refractivity contribution is 7.92. The highest BCUT2D eigenvalue weighted by Crippen LogP contribution is 2.30. The van der Waals surface area contributed by atoms with E-state index in [9.17, 15) is 13.2 Å². The van der Waals surface area contributed by atoms with Crippen LogP contribution in [0, 0.1) is 6.92 Å². The van der Waals surface area contributed by atoms with Gasteiger partial charge >= 0.3 is 0 Å². The van der Waals surface area contributed by atoms with Crippen LogP contribution in [0.4, 0.5) is 5.69 Å². The van der Waals surface area contributed by atoms with Crippen molar-refractivity contribution in [3.05, 3.63) is 58.1 Å². The molecule has 2 rings (SSSR count). The maximum atomic E-state index is 12.4. The average Bonchev–Trinajstić information content (AvgIpc) is 2.58. The average molecular weight is 445 g/mol. The zero-order valence-corrected chi connectivity index (χ0v) is 18.1. The van der Waals surface area contributed by atoms with Crippen molar-refractivity contribution in [1.29, 1.82) is 0 Å². The number of nitrogens with one attached hydrogen (secondary N) is 1. The molecule has 6 nitrogen and oxygen atoms in total. The van der Waals surface area contributed by atoms with E-state index < -0.39 is 22.5 Å². The Balaban J connectivity index is 2.02. The summed E-state index contributed by atoms with van der Waals surface area (Å²) in [6.07, 6.45) is 1.01. The van der Waals surface area contributed by atoms with E-state index in [0.29, 0.717) is 5.02 Å². The van der Waals surface area contributed by atoms with E-state index in [2.05, 4.69) is 5.32 Å². The van der Waals surface area contributed by atoms with Crippen LogP contribution in [0.5, 0.6) is 5.75 Å². The lowest BCUT2D eigenvalue weighted by Gasteiger charge is -2.24. The summed E-state index contributed by atoms with van der Waals surface area (Å²) in [5.74, 6) is 0.256. The summed E-state index contributed by atoms with van der Waals surface area (Å²) in [6, 6.07) is 11.6. The molecule has 152 valence electrons. The number of para-hydroxylation sites is 1. The third kappa shape index (κ3) is 6.29. The zero-order valence-electron chi connectivity index (χ0n) is 15.8. The third-order valence-corrected chi connectivity index (χ3v) is 5.52. The Morgan fingerprint density at radius 1 is 1.21 bits per heavy atom. The van der Waals surface area contributed by atoms with Crippen molar-refractivity contribution in [2.45, 2.75) is 19.9 Å². The van der Waals surface area contributed by atoms with Crippen LogP contribution < -0.4 is 14.4 Å². The molecule has 0 aliphatic carbocycles. The minimum absolute atomic E-state index is 0.140. The van der Waals surface area contributed by atoms with Gasteiger partial charge in [-0.2, -0.15) is 0 Å². The Hall–Kier alpha value is -1.96. The summed E-state index contributed by atoms with van der Waals surface area (Å²) < 4.78 is 31.0. The van der Waals surface area contributed by atoms with Gasteiger partial charge in [-0.1, -0.05) is 41.4 Å². The van der Waals surface area contributed by atoms with Gasteiger partial charge in [-0.25, -0.2) is 8.42 Å². The summed E-state index contributed by atoms with van der Waals surface area (Å²) in [5, 5.41) is 3.24. The minimum atomic E-state index is -3.73. The predicted octanol–water partition coefficient (Wildman–Crippen LogP) is 3.65. The number of rotatable bonds is 8. The molecule has 0 heterocycles. The molecule has 9 heteroatoms. The second kappa shape index (κ2) is 9.49. The number of ether oxygens (including phenoxy) is 1. The Bertz CT molecular complexity index is 951. The van der Waals surface area contributed by atoms with Crippen LogP contribution >= 0.6 is 23.2 Å². The molecule has 0 aliphatic heterocycles. The van der Waals surface area contributed by atoms with Crippen LogP contribution in [-0.4, -0.2) is 39.8 Å². The molecule has 0 saturated carbocycles. The lowest BCUT2D eigenvalue weighted by Crippen LogP contribution is -2.45. The summed E-state index contributed by atoms with van der Waals surface area (Å²) in [6.45, 7) is 3.54. The number of amides is 1. The van der Waals surface area contributed by atoms with Gasteiger partial charge in [0.25, 0.3) is 0 Å². The van der Waals surface area contributed by atoms with Gasteiger partial charge in [0.15, 0.2) is 0 Å². The van der Waals surface area contributed by atoms with Gasteiger partial charge in [-0.05, 0) is 43.7 Å². The molecule has 2 aromatic rings. The summed E-state index contributed by atoms with van der Waals surface area (Å²) >= 11 is 12.0. The Morgan fingerprint density at radius 2 is 1.89 bits per heavy atom. The van der Waals surface area contributed by atoms with E-state index >= 15 is 0 Å². The number of halogens is 2. The van der Waals surface area contributed by atoms with E-state index in [1.165, 1.54) is 18.2 Å². The molecule has 0 radical (unpaired) electrons. The fraction of sp³-hybridized carbons (Fsp3) is 0.316. The molecule has 2 aromatic carbocycles. The molecule has 1 amide bonds. The summed E-state index contributed by atoms with van der Waals surface area (Å²) in [5.41, 5.74) is 1.18. The summed E-state index contributed by atoms with van der Waals surface area (Å²) in [7, 11) is -3.73. The van der Waals surface area contributed by atoms with Crippen molar-refractivity contribution in [3.63, 3.8) is 0 Å². The fourth-order valence-electron chi connectivity index (χ4n) is 2.49. The number of carbonyl (C=O) groups excluding carboxylic acids is 1. The van der Waals surface area contributed by atoms with Gasteiger partial charge in [0, 0.05) is 5.02 Å². The van der Waals surface area contributed by atoms with Gasteiger partial charge in [-0.3, -0.25) is 9.10 Å². The first kappa shape index (κ1) is 22.3. The van der Waals surface area contributed by atoms with Crippen LogP contribution in [0.1, 0.15) is 12.5 Å². The number of hydrogen-bond acceptors (Lipinski definition) is 4. The second-order valence-corrected chi connectivity index (χ2v) is 9.16. The van der Waals surface area contributed by atoms with E-state index in [-0.39, 0.29) is 23.4 Å². The molecule has 1 unspecified atom stereocenters. The van der Waals surface area contributed by atoms with Crippen molar-refractivity contribution in [2.24, 2.45) is 0 Å². The number of benzene rings is 2. The van der Waals surface area contributed by atoms with E-state index in [0.717, 1.165) is 21.9 Å². The van der Waals surface area contributed by atoms with Crippen molar-refractivity contribution < 1.29 is 17.9 Å². The Kier molecular flexibility index (Phi) is 7.57. The Morgan fingerprint density at radius 3 is 2.50 bits per heavy atom. The lowest BCUT2D eigenvalue weighted by molar-refractivity contribution is -0.120. The zero-order chi connectivity index (χ0) is 20.9. The van der Waals surface area contributed by atoms with E-state index in [1.807, 2.05) is 31.2 Å². The molecule has 0 aliphatic rings. The normalized spacial score (nSPS) is 12.3. The highest BCUT2D eigenvalue weighted by Gasteiger charge is 2.24. The maximum Gasteiger partial charge on any atom is 0.241 e. The first-order chi connectivity index (χ1) is 13.1. The van der Waals surface area contributed by atoms with Crippen LogP contribution in [0.15, 0.2) is 42.5 Å². The van der Waals surface area contributed by atoms with Crippen molar-refractivity contribution >= 4 is 44.8 Å². The number of nitrogens with zero attached hydrogens (tertiary/aromatic N) is 1. The molecule has 0 saturated heterocycles. The number of hydrogen-bond donors (Lipinski definition) is 1. The summed E-state index contributed by atoms with van der Waals surface area (Å²) in [4.78, 5) is 12.4. The highest BCUT2D eigenvalue weighted by atomic mass is 35.5. The molecule has 0 spiro atoms. The van der Waals surface area contributed by atoms with E-state index in [4.69, 9.17) is 27.9 Å².